The summed E-state index contributed by atoms with van der Waals surface area (Å²) in [5.74, 6) is -0.368. The molecule has 0 aromatic heterocycles. The van der Waals surface area contributed by atoms with Gasteiger partial charge in [0.05, 0.1) is 22.8 Å². The Hall–Kier alpha value is -3.16. The number of para-hydroxylation sites is 2. The summed E-state index contributed by atoms with van der Waals surface area (Å²) < 4.78 is 27.9. The predicted molar refractivity (Wildman–Crippen MR) is 127 cm³/mol. The van der Waals surface area contributed by atoms with Gasteiger partial charge in [0.1, 0.15) is 0 Å². The molecular formula is C25H27N3O3S. The molecule has 0 bridgehead atoms. The van der Waals surface area contributed by atoms with E-state index < -0.39 is 10.0 Å². The molecule has 1 N–H and O–H groups in total. The summed E-state index contributed by atoms with van der Waals surface area (Å²) in [6, 6.07) is 25.2. The summed E-state index contributed by atoms with van der Waals surface area (Å²) in [4.78, 5) is 15.4. The van der Waals surface area contributed by atoms with E-state index in [2.05, 4.69) is 10.2 Å². The van der Waals surface area contributed by atoms with Crippen LogP contribution in [0.4, 0.5) is 11.4 Å². The first kappa shape index (κ1) is 22.0. The fourth-order valence-electron chi connectivity index (χ4n) is 3.92. The first-order valence-corrected chi connectivity index (χ1v) is 12.2. The molecule has 0 aliphatic carbocycles. The smallest absolute Gasteiger partial charge is 0.243 e. The highest BCUT2D eigenvalue weighted by Crippen LogP contribution is 2.29. The van der Waals surface area contributed by atoms with Crippen LogP contribution in [0, 0.1) is 0 Å². The Balaban J connectivity index is 1.57. The van der Waals surface area contributed by atoms with Crippen molar-refractivity contribution in [3.05, 3.63) is 90.5 Å². The van der Waals surface area contributed by atoms with Crippen LogP contribution in [0.25, 0.3) is 0 Å². The summed E-state index contributed by atoms with van der Waals surface area (Å²) in [5.41, 5.74) is 2.49. The van der Waals surface area contributed by atoms with E-state index >= 15 is 0 Å². The molecule has 0 unspecified atom stereocenters. The van der Waals surface area contributed by atoms with Gasteiger partial charge in [-0.3, -0.25) is 4.79 Å². The molecule has 1 amide bonds. The lowest BCUT2D eigenvalue weighted by Gasteiger charge is -2.24. The minimum atomic E-state index is -3.85. The van der Waals surface area contributed by atoms with Gasteiger partial charge in [0.2, 0.25) is 15.9 Å². The lowest BCUT2D eigenvalue weighted by molar-refractivity contribution is -0.116. The maximum atomic E-state index is 13.3. The SMILES string of the molecule is O=C(CN(Cc1ccccc1)S(=O)(=O)c1ccccc1)Nc1ccccc1N1CCCC1. The molecule has 32 heavy (non-hydrogen) atoms. The molecule has 7 heteroatoms. The number of anilines is 2. The van der Waals surface area contributed by atoms with Crippen molar-refractivity contribution in [2.24, 2.45) is 0 Å². The van der Waals surface area contributed by atoms with Crippen molar-refractivity contribution >= 4 is 27.3 Å². The molecule has 3 aromatic carbocycles. The summed E-state index contributed by atoms with van der Waals surface area (Å²) in [5, 5.41) is 2.94. The van der Waals surface area contributed by atoms with E-state index in [4.69, 9.17) is 0 Å². The van der Waals surface area contributed by atoms with Gasteiger partial charge >= 0.3 is 0 Å². The number of nitrogens with zero attached hydrogens (tertiary/aromatic N) is 2. The van der Waals surface area contributed by atoms with Crippen molar-refractivity contribution in [3.63, 3.8) is 0 Å². The van der Waals surface area contributed by atoms with Gasteiger partial charge in [-0.25, -0.2) is 8.42 Å². The van der Waals surface area contributed by atoms with E-state index in [1.165, 1.54) is 4.31 Å². The Bertz CT molecular complexity index is 1150. The van der Waals surface area contributed by atoms with Crippen molar-refractivity contribution in [2.45, 2.75) is 24.3 Å². The second-order valence-corrected chi connectivity index (χ2v) is 9.77. The van der Waals surface area contributed by atoms with Crippen LogP contribution < -0.4 is 10.2 Å². The topological polar surface area (TPSA) is 69.7 Å². The number of hydrogen-bond acceptors (Lipinski definition) is 4. The van der Waals surface area contributed by atoms with Crippen molar-refractivity contribution in [2.75, 3.05) is 29.9 Å². The number of amides is 1. The molecule has 1 fully saturated rings. The first-order valence-electron chi connectivity index (χ1n) is 10.8. The van der Waals surface area contributed by atoms with Crippen LogP contribution in [0.5, 0.6) is 0 Å². The molecule has 166 valence electrons. The predicted octanol–water partition coefficient (Wildman–Crippen LogP) is 4.12. The molecule has 0 spiro atoms. The quantitative estimate of drug-likeness (QED) is 0.562. The fraction of sp³-hybridized carbons (Fsp3) is 0.240. The summed E-state index contributed by atoms with van der Waals surface area (Å²) in [6.45, 7) is 1.74. The molecule has 6 nitrogen and oxygen atoms in total. The number of benzene rings is 3. The van der Waals surface area contributed by atoms with Gasteiger partial charge in [-0.05, 0) is 42.7 Å². The molecule has 0 radical (unpaired) electrons. The van der Waals surface area contributed by atoms with E-state index in [1.807, 2.05) is 54.6 Å². The van der Waals surface area contributed by atoms with Crippen LogP contribution >= 0.6 is 0 Å². The summed E-state index contributed by atoms with van der Waals surface area (Å²) >= 11 is 0. The molecular weight excluding hydrogens is 422 g/mol. The van der Waals surface area contributed by atoms with Gasteiger partial charge in [0.15, 0.2) is 0 Å². The van der Waals surface area contributed by atoms with Crippen molar-refractivity contribution in [3.8, 4) is 0 Å². The van der Waals surface area contributed by atoms with E-state index in [0.29, 0.717) is 5.69 Å². The third-order valence-electron chi connectivity index (χ3n) is 5.53. The number of rotatable bonds is 8. The van der Waals surface area contributed by atoms with Gasteiger partial charge in [-0.2, -0.15) is 4.31 Å². The summed E-state index contributed by atoms with van der Waals surface area (Å²) in [7, 11) is -3.85. The van der Waals surface area contributed by atoms with Crippen LogP contribution in [-0.2, 0) is 21.4 Å². The van der Waals surface area contributed by atoms with Gasteiger partial charge in [-0.1, -0.05) is 60.7 Å². The zero-order chi connectivity index (χ0) is 22.4. The minimum absolute atomic E-state index is 0.110. The van der Waals surface area contributed by atoms with Gasteiger partial charge in [0.25, 0.3) is 0 Å². The van der Waals surface area contributed by atoms with Gasteiger partial charge < -0.3 is 10.2 Å². The van der Waals surface area contributed by atoms with E-state index in [-0.39, 0.29) is 23.9 Å². The van der Waals surface area contributed by atoms with Crippen molar-refractivity contribution in [1.82, 2.24) is 4.31 Å². The highest BCUT2D eigenvalue weighted by Gasteiger charge is 2.27. The van der Waals surface area contributed by atoms with Gasteiger partial charge in [0, 0.05) is 19.6 Å². The first-order chi connectivity index (χ1) is 15.5. The van der Waals surface area contributed by atoms with Crippen molar-refractivity contribution in [1.29, 1.82) is 0 Å². The van der Waals surface area contributed by atoms with Gasteiger partial charge in [-0.15, -0.1) is 0 Å². The van der Waals surface area contributed by atoms with Crippen LogP contribution in [0.15, 0.2) is 89.8 Å². The minimum Gasteiger partial charge on any atom is -0.370 e. The lowest BCUT2D eigenvalue weighted by atomic mass is 10.2. The molecule has 1 heterocycles. The van der Waals surface area contributed by atoms with Crippen LogP contribution in [0.2, 0.25) is 0 Å². The van der Waals surface area contributed by atoms with Crippen LogP contribution in [0.1, 0.15) is 18.4 Å². The molecule has 1 saturated heterocycles. The number of carbonyl (C=O) groups is 1. The number of sulfonamides is 1. The Morgan fingerprint density at radius 1 is 0.844 bits per heavy atom. The highest BCUT2D eigenvalue weighted by atomic mass is 32.2. The van der Waals surface area contributed by atoms with E-state index in [0.717, 1.165) is 37.2 Å². The van der Waals surface area contributed by atoms with Crippen LogP contribution in [0.3, 0.4) is 0 Å². The van der Waals surface area contributed by atoms with Crippen molar-refractivity contribution < 1.29 is 13.2 Å². The largest absolute Gasteiger partial charge is 0.370 e. The molecule has 1 aliphatic rings. The third kappa shape index (κ3) is 5.18. The molecule has 1 aliphatic heterocycles. The average Bonchev–Trinajstić information content (AvgIpc) is 3.35. The third-order valence-corrected chi connectivity index (χ3v) is 7.33. The Kier molecular flexibility index (Phi) is 6.87. The normalized spacial score (nSPS) is 14.0. The zero-order valence-corrected chi connectivity index (χ0v) is 18.7. The number of hydrogen-bond donors (Lipinski definition) is 1. The maximum absolute atomic E-state index is 13.3. The lowest BCUT2D eigenvalue weighted by Crippen LogP contribution is -2.37. The highest BCUT2D eigenvalue weighted by molar-refractivity contribution is 7.89. The Morgan fingerprint density at radius 2 is 1.44 bits per heavy atom. The Morgan fingerprint density at radius 3 is 2.12 bits per heavy atom. The Labute approximate surface area is 189 Å². The number of nitrogens with one attached hydrogen (secondary N) is 1. The standard InChI is InChI=1S/C25H27N3O3S/c29-25(26-23-15-7-8-16-24(23)27-17-9-10-18-27)20-28(19-21-11-3-1-4-12-21)32(30,31)22-13-5-2-6-14-22/h1-8,11-16H,9-10,17-20H2,(H,26,29). The summed E-state index contributed by atoms with van der Waals surface area (Å²) in [6.07, 6.45) is 2.25. The van der Waals surface area contributed by atoms with E-state index in [9.17, 15) is 13.2 Å². The molecule has 4 rings (SSSR count). The second kappa shape index (κ2) is 9.97. The average molecular weight is 450 g/mol. The fourth-order valence-corrected chi connectivity index (χ4v) is 5.32. The number of carbonyl (C=O) groups excluding carboxylic acids is 1. The van der Waals surface area contributed by atoms with Crippen LogP contribution in [-0.4, -0.2) is 38.3 Å². The molecule has 3 aromatic rings. The van der Waals surface area contributed by atoms with E-state index in [1.54, 1.807) is 30.3 Å². The second-order valence-electron chi connectivity index (χ2n) is 7.83. The molecule has 0 atom stereocenters. The maximum Gasteiger partial charge on any atom is 0.243 e. The molecule has 0 saturated carbocycles. The monoisotopic (exact) mass is 449 g/mol. The zero-order valence-electron chi connectivity index (χ0n) is 17.9.